The summed E-state index contributed by atoms with van der Waals surface area (Å²) in [6.07, 6.45) is 1.43. The number of halogens is 1. The van der Waals surface area contributed by atoms with E-state index in [2.05, 4.69) is 26.6 Å². The summed E-state index contributed by atoms with van der Waals surface area (Å²) in [5.74, 6) is -0.577. The zero-order chi connectivity index (χ0) is 22.1. The highest BCUT2D eigenvalue weighted by molar-refractivity contribution is 9.10. The van der Waals surface area contributed by atoms with Gasteiger partial charge < -0.3 is 19.7 Å². The fraction of sp³-hybridized carbons (Fsp3) is 0.500. The van der Waals surface area contributed by atoms with E-state index in [0.29, 0.717) is 48.5 Å². The van der Waals surface area contributed by atoms with E-state index in [9.17, 15) is 14.4 Å². The Morgan fingerprint density at radius 3 is 2.70 bits per heavy atom. The molecule has 0 aliphatic carbocycles. The van der Waals surface area contributed by atoms with Gasteiger partial charge in [0.2, 0.25) is 5.91 Å². The number of rotatable bonds is 8. The smallest absolute Gasteiger partial charge is 0.308 e. The van der Waals surface area contributed by atoms with Crippen molar-refractivity contribution in [3.63, 3.8) is 0 Å². The van der Waals surface area contributed by atoms with E-state index in [0.717, 1.165) is 6.42 Å². The maximum absolute atomic E-state index is 12.6. The van der Waals surface area contributed by atoms with Crippen molar-refractivity contribution in [1.29, 1.82) is 0 Å². The van der Waals surface area contributed by atoms with Crippen molar-refractivity contribution in [3.05, 3.63) is 28.2 Å². The monoisotopic (exact) mass is 499 g/mol. The van der Waals surface area contributed by atoms with Gasteiger partial charge in [-0.05, 0) is 59.2 Å². The van der Waals surface area contributed by atoms with Crippen LogP contribution >= 0.6 is 28.1 Å². The van der Waals surface area contributed by atoms with E-state index < -0.39 is 17.9 Å². The minimum Gasteiger partial charge on any atom is -0.492 e. The zero-order valence-corrected chi connectivity index (χ0v) is 19.4. The molecule has 0 aromatic heterocycles. The summed E-state index contributed by atoms with van der Waals surface area (Å²) < 4.78 is 11.3. The third-order valence-corrected chi connectivity index (χ3v) is 5.25. The number of amides is 2. The van der Waals surface area contributed by atoms with Gasteiger partial charge in [-0.3, -0.25) is 19.7 Å². The summed E-state index contributed by atoms with van der Waals surface area (Å²) in [7, 11) is 0. The molecule has 1 aromatic rings. The molecule has 2 N–H and O–H groups in total. The van der Waals surface area contributed by atoms with E-state index >= 15 is 0 Å². The van der Waals surface area contributed by atoms with Crippen LogP contribution in [-0.4, -0.2) is 60.1 Å². The molecule has 8 nitrogen and oxygen atoms in total. The molecule has 1 aliphatic rings. The van der Waals surface area contributed by atoms with Gasteiger partial charge in [0.25, 0.3) is 5.91 Å². The second-order valence-electron chi connectivity index (χ2n) is 6.68. The summed E-state index contributed by atoms with van der Waals surface area (Å²) in [6, 6.07) is 4.16. The first-order chi connectivity index (χ1) is 14.4. The summed E-state index contributed by atoms with van der Waals surface area (Å²) in [6.45, 7) is 5.51. The molecular weight excluding hydrogens is 474 g/mol. The van der Waals surface area contributed by atoms with Crippen LogP contribution < -0.4 is 15.4 Å². The second kappa shape index (κ2) is 11.8. The molecule has 1 atom stereocenters. The molecule has 2 amide bonds. The van der Waals surface area contributed by atoms with Crippen molar-refractivity contribution in [3.8, 4) is 5.75 Å². The van der Waals surface area contributed by atoms with Crippen molar-refractivity contribution in [2.24, 2.45) is 0 Å². The molecule has 1 unspecified atom stereocenters. The Morgan fingerprint density at radius 2 is 2.03 bits per heavy atom. The lowest BCUT2D eigenvalue weighted by molar-refractivity contribution is -0.147. The number of benzene rings is 1. The Hall–Kier alpha value is -2.20. The minimum atomic E-state index is -0.826. The number of nitrogens with zero attached hydrogens (tertiary/aromatic N) is 1. The third-order valence-electron chi connectivity index (χ3n) is 4.30. The van der Waals surface area contributed by atoms with Crippen LogP contribution in [-0.2, 0) is 14.3 Å². The Labute approximate surface area is 189 Å². The Balaban J connectivity index is 2.04. The molecule has 0 bridgehead atoms. The first-order valence-electron chi connectivity index (χ1n) is 9.85. The normalized spacial score (nSPS) is 15.9. The van der Waals surface area contributed by atoms with Crippen LogP contribution in [0.1, 0.15) is 43.5 Å². The summed E-state index contributed by atoms with van der Waals surface area (Å²) >= 11 is 8.76. The quantitative estimate of drug-likeness (QED) is 0.418. The minimum absolute atomic E-state index is 0.0885. The van der Waals surface area contributed by atoms with Gasteiger partial charge in [-0.2, -0.15) is 0 Å². The van der Waals surface area contributed by atoms with Gasteiger partial charge in [-0.1, -0.05) is 13.8 Å². The predicted octanol–water partition coefficient (Wildman–Crippen LogP) is 2.40. The molecule has 1 saturated heterocycles. The third kappa shape index (κ3) is 6.66. The molecule has 0 radical (unpaired) electrons. The number of thiocarbonyl (C=S) groups is 1. The van der Waals surface area contributed by atoms with Crippen LogP contribution in [0.4, 0.5) is 0 Å². The highest BCUT2D eigenvalue weighted by Crippen LogP contribution is 2.26. The van der Waals surface area contributed by atoms with E-state index in [4.69, 9.17) is 21.7 Å². The Kier molecular flexibility index (Phi) is 9.51. The van der Waals surface area contributed by atoms with Gasteiger partial charge in [-0.15, -0.1) is 0 Å². The van der Waals surface area contributed by atoms with Gasteiger partial charge in [-0.25, -0.2) is 0 Å². The van der Waals surface area contributed by atoms with Gasteiger partial charge in [0.1, 0.15) is 11.8 Å². The molecular formula is C20H26BrN3O5S. The number of carbonyl (C=O) groups is 3. The molecule has 30 heavy (non-hydrogen) atoms. The lowest BCUT2D eigenvalue weighted by Gasteiger charge is -2.36. The molecule has 1 heterocycles. The molecule has 1 fully saturated rings. The van der Waals surface area contributed by atoms with E-state index in [1.807, 2.05) is 13.8 Å². The lowest BCUT2D eigenvalue weighted by atomic mass is 10.1. The van der Waals surface area contributed by atoms with E-state index in [-0.39, 0.29) is 17.4 Å². The van der Waals surface area contributed by atoms with E-state index in [1.54, 1.807) is 23.1 Å². The van der Waals surface area contributed by atoms with Crippen LogP contribution in [0.5, 0.6) is 5.75 Å². The fourth-order valence-electron chi connectivity index (χ4n) is 2.81. The number of hydrogen-bond acceptors (Lipinski definition) is 6. The first-order valence-corrected chi connectivity index (χ1v) is 11.0. The SMILES string of the molecule is CCCOC(=O)CC1C(=O)NCCN1C(=S)NC(=O)c1ccc(OCCC)c(Br)c1. The van der Waals surface area contributed by atoms with E-state index in [1.165, 1.54) is 0 Å². The zero-order valence-electron chi connectivity index (χ0n) is 17.0. The van der Waals surface area contributed by atoms with Crippen molar-refractivity contribution in [2.45, 2.75) is 39.2 Å². The lowest BCUT2D eigenvalue weighted by Crippen LogP contribution is -2.60. The number of hydrogen-bond donors (Lipinski definition) is 2. The molecule has 10 heteroatoms. The standard InChI is InChI=1S/C20H26BrN3O5S/c1-3-9-28-16-6-5-13(11-14(16)21)18(26)23-20(30)24-8-7-22-19(27)15(24)12-17(25)29-10-4-2/h5-6,11,15H,3-4,7-10,12H2,1-2H3,(H,22,27)(H,23,26,30). The Bertz CT molecular complexity index is 805. The van der Waals surface area contributed by atoms with Crippen LogP contribution in [0.25, 0.3) is 0 Å². The van der Waals surface area contributed by atoms with Gasteiger partial charge >= 0.3 is 5.97 Å². The summed E-state index contributed by atoms with van der Waals surface area (Å²) in [4.78, 5) is 38.5. The fourth-order valence-corrected chi connectivity index (χ4v) is 3.61. The molecule has 1 aliphatic heterocycles. The largest absolute Gasteiger partial charge is 0.492 e. The topological polar surface area (TPSA) is 97.0 Å². The van der Waals surface area contributed by atoms with Crippen LogP contribution in [0, 0.1) is 0 Å². The molecule has 0 saturated carbocycles. The van der Waals surface area contributed by atoms with Crippen LogP contribution in [0.15, 0.2) is 22.7 Å². The number of piperazine rings is 1. The summed E-state index contributed by atoms with van der Waals surface area (Å²) in [5.41, 5.74) is 0.383. The van der Waals surface area contributed by atoms with Gasteiger partial charge in [0, 0.05) is 18.7 Å². The molecule has 2 rings (SSSR count). The van der Waals surface area contributed by atoms with Gasteiger partial charge in [0.05, 0.1) is 24.1 Å². The highest BCUT2D eigenvalue weighted by atomic mass is 79.9. The van der Waals surface area contributed by atoms with Crippen LogP contribution in [0.3, 0.4) is 0 Å². The maximum atomic E-state index is 12.6. The summed E-state index contributed by atoms with van der Waals surface area (Å²) in [5, 5.41) is 5.45. The highest BCUT2D eigenvalue weighted by Gasteiger charge is 2.34. The van der Waals surface area contributed by atoms with Crippen molar-refractivity contribution in [2.75, 3.05) is 26.3 Å². The van der Waals surface area contributed by atoms with Crippen molar-refractivity contribution < 1.29 is 23.9 Å². The van der Waals surface area contributed by atoms with Crippen LogP contribution in [0.2, 0.25) is 0 Å². The number of carbonyl (C=O) groups excluding carboxylic acids is 3. The Morgan fingerprint density at radius 1 is 1.30 bits per heavy atom. The molecule has 0 spiro atoms. The molecule has 1 aromatic carbocycles. The molecule has 164 valence electrons. The number of ether oxygens (including phenoxy) is 2. The predicted molar refractivity (Wildman–Crippen MR) is 119 cm³/mol. The van der Waals surface area contributed by atoms with Gasteiger partial charge in [0.15, 0.2) is 5.11 Å². The average molecular weight is 500 g/mol. The maximum Gasteiger partial charge on any atom is 0.308 e. The second-order valence-corrected chi connectivity index (χ2v) is 7.92. The first kappa shape index (κ1) is 24.1. The average Bonchev–Trinajstić information content (AvgIpc) is 2.72. The number of esters is 1. The number of nitrogens with one attached hydrogen (secondary N) is 2. The van der Waals surface area contributed by atoms with Crippen molar-refractivity contribution >= 4 is 51.0 Å². The van der Waals surface area contributed by atoms with Crippen molar-refractivity contribution in [1.82, 2.24) is 15.5 Å².